The third-order valence-electron chi connectivity index (χ3n) is 4.25. The number of benzene rings is 2. The molecule has 0 aliphatic rings. The molecule has 2 aromatic carbocycles. The van der Waals surface area contributed by atoms with E-state index in [1.165, 1.54) is 0 Å². The Morgan fingerprint density at radius 1 is 1.09 bits per heavy atom. The molecule has 0 atom stereocenters. The van der Waals surface area contributed by atoms with Gasteiger partial charge in [0.15, 0.2) is 6.29 Å². The van der Waals surface area contributed by atoms with Crippen molar-refractivity contribution in [2.75, 3.05) is 7.11 Å². The molecule has 0 saturated heterocycles. The van der Waals surface area contributed by atoms with E-state index in [9.17, 15) is 4.79 Å². The average molecular weight is 290 g/mol. The van der Waals surface area contributed by atoms with E-state index in [4.69, 9.17) is 4.74 Å². The summed E-state index contributed by atoms with van der Waals surface area (Å²) >= 11 is 0. The monoisotopic (exact) mass is 290 g/mol. The SMILES string of the molecule is COc1ccc2[nH]c3c(C)c4ccnc(C=O)c4cc3c2c1. The Bertz CT molecular complexity index is 1050. The highest BCUT2D eigenvalue weighted by atomic mass is 16.5. The van der Waals surface area contributed by atoms with E-state index in [-0.39, 0.29) is 0 Å². The number of aryl methyl sites for hydroxylation is 1. The Hall–Kier alpha value is -2.88. The minimum absolute atomic E-state index is 0.472. The number of ether oxygens (including phenoxy) is 1. The normalized spacial score (nSPS) is 11.4. The van der Waals surface area contributed by atoms with Crippen molar-refractivity contribution in [3.8, 4) is 5.75 Å². The zero-order valence-electron chi connectivity index (χ0n) is 12.3. The molecular weight excluding hydrogens is 276 g/mol. The summed E-state index contributed by atoms with van der Waals surface area (Å²) in [5.74, 6) is 0.813. The highest BCUT2D eigenvalue weighted by Crippen LogP contribution is 2.34. The molecule has 0 saturated carbocycles. The number of nitrogens with one attached hydrogen (secondary N) is 1. The molecule has 0 unspecified atom stereocenters. The minimum Gasteiger partial charge on any atom is -0.497 e. The van der Waals surface area contributed by atoms with Crippen LogP contribution in [0.2, 0.25) is 0 Å². The average Bonchev–Trinajstić information content (AvgIpc) is 2.93. The maximum absolute atomic E-state index is 11.3. The number of aromatic amines is 1. The quantitative estimate of drug-likeness (QED) is 0.568. The number of nitrogens with zero attached hydrogens (tertiary/aromatic N) is 1. The van der Waals surface area contributed by atoms with Gasteiger partial charge in [-0.2, -0.15) is 0 Å². The van der Waals surface area contributed by atoms with Gasteiger partial charge < -0.3 is 9.72 Å². The Morgan fingerprint density at radius 2 is 1.95 bits per heavy atom. The van der Waals surface area contributed by atoms with E-state index in [1.54, 1.807) is 13.3 Å². The fourth-order valence-electron chi connectivity index (χ4n) is 3.11. The molecule has 0 bridgehead atoms. The van der Waals surface area contributed by atoms with Crippen LogP contribution >= 0.6 is 0 Å². The van der Waals surface area contributed by atoms with Crippen molar-refractivity contribution in [1.82, 2.24) is 9.97 Å². The highest BCUT2D eigenvalue weighted by molar-refractivity contribution is 6.15. The molecule has 22 heavy (non-hydrogen) atoms. The van der Waals surface area contributed by atoms with Gasteiger partial charge in [-0.05, 0) is 48.2 Å². The number of carbonyl (C=O) groups excluding carboxylic acids is 1. The first-order chi connectivity index (χ1) is 10.7. The van der Waals surface area contributed by atoms with Crippen LogP contribution in [0.15, 0.2) is 36.5 Å². The lowest BCUT2D eigenvalue weighted by atomic mass is 10.0. The summed E-state index contributed by atoms with van der Waals surface area (Å²) in [6.45, 7) is 2.06. The molecule has 0 aliphatic heterocycles. The first kappa shape index (κ1) is 12.8. The number of rotatable bonds is 2. The van der Waals surface area contributed by atoms with Crippen LogP contribution in [0.25, 0.3) is 32.6 Å². The fraction of sp³-hybridized carbons (Fsp3) is 0.111. The predicted octanol–water partition coefficient (Wildman–Crippen LogP) is 4.00. The molecule has 4 aromatic rings. The van der Waals surface area contributed by atoms with Crippen molar-refractivity contribution < 1.29 is 9.53 Å². The van der Waals surface area contributed by atoms with Crippen LogP contribution in [0.4, 0.5) is 0 Å². The summed E-state index contributed by atoms with van der Waals surface area (Å²) in [5, 5.41) is 4.09. The van der Waals surface area contributed by atoms with Crippen LogP contribution in [0.1, 0.15) is 16.1 Å². The summed E-state index contributed by atoms with van der Waals surface area (Å²) < 4.78 is 5.32. The van der Waals surface area contributed by atoms with Crippen LogP contribution < -0.4 is 4.74 Å². The number of hydrogen-bond donors (Lipinski definition) is 1. The molecule has 4 rings (SSSR count). The molecule has 1 N–H and O–H groups in total. The van der Waals surface area contributed by atoms with Gasteiger partial charge in [0, 0.05) is 27.9 Å². The Kier molecular flexibility index (Phi) is 2.66. The van der Waals surface area contributed by atoms with Crippen molar-refractivity contribution in [2.24, 2.45) is 0 Å². The Morgan fingerprint density at radius 3 is 2.73 bits per heavy atom. The Balaban J connectivity index is 2.23. The van der Waals surface area contributed by atoms with Crippen LogP contribution in [-0.4, -0.2) is 23.4 Å². The fourth-order valence-corrected chi connectivity index (χ4v) is 3.11. The van der Waals surface area contributed by atoms with E-state index in [0.29, 0.717) is 5.69 Å². The van der Waals surface area contributed by atoms with Crippen molar-refractivity contribution in [2.45, 2.75) is 6.92 Å². The van der Waals surface area contributed by atoms with Gasteiger partial charge in [-0.25, -0.2) is 0 Å². The van der Waals surface area contributed by atoms with Gasteiger partial charge >= 0.3 is 0 Å². The highest BCUT2D eigenvalue weighted by Gasteiger charge is 2.12. The molecule has 2 aromatic heterocycles. The third-order valence-corrected chi connectivity index (χ3v) is 4.25. The summed E-state index contributed by atoms with van der Waals surface area (Å²) in [6, 6.07) is 9.94. The number of fused-ring (bicyclic) bond motifs is 4. The maximum atomic E-state index is 11.3. The number of H-pyrrole nitrogens is 1. The van der Waals surface area contributed by atoms with E-state index in [1.807, 2.05) is 30.3 Å². The van der Waals surface area contributed by atoms with Crippen molar-refractivity contribution >= 4 is 38.9 Å². The van der Waals surface area contributed by atoms with Gasteiger partial charge in [-0.3, -0.25) is 9.78 Å². The topological polar surface area (TPSA) is 55.0 Å². The molecule has 4 nitrogen and oxygen atoms in total. The van der Waals surface area contributed by atoms with Gasteiger partial charge in [0.05, 0.1) is 12.6 Å². The maximum Gasteiger partial charge on any atom is 0.169 e. The first-order valence-electron chi connectivity index (χ1n) is 7.06. The molecule has 0 radical (unpaired) electrons. The van der Waals surface area contributed by atoms with Gasteiger partial charge in [-0.15, -0.1) is 0 Å². The molecule has 4 heteroatoms. The summed E-state index contributed by atoms with van der Waals surface area (Å²) in [6.07, 6.45) is 2.49. The van der Waals surface area contributed by atoms with Crippen molar-refractivity contribution in [1.29, 1.82) is 0 Å². The second kappa shape index (κ2) is 4.56. The molecular formula is C18H14N2O2. The van der Waals surface area contributed by atoms with E-state index in [2.05, 4.69) is 16.9 Å². The van der Waals surface area contributed by atoms with Gasteiger partial charge in [0.25, 0.3) is 0 Å². The van der Waals surface area contributed by atoms with Crippen molar-refractivity contribution in [3.63, 3.8) is 0 Å². The molecule has 0 spiro atoms. The smallest absolute Gasteiger partial charge is 0.169 e. The molecule has 0 aliphatic carbocycles. The predicted molar refractivity (Wildman–Crippen MR) is 87.8 cm³/mol. The lowest BCUT2D eigenvalue weighted by molar-refractivity contribution is 0.112. The van der Waals surface area contributed by atoms with Crippen molar-refractivity contribution in [3.05, 3.63) is 47.8 Å². The van der Waals surface area contributed by atoms with E-state index >= 15 is 0 Å². The number of methoxy groups -OCH3 is 1. The standard InChI is InChI=1S/C18H14N2O2/c1-10-12-5-6-19-17(9-21)14(12)8-15-13-7-11(22-2)3-4-16(13)20-18(10)15/h3-9,20H,1-2H3. The molecule has 0 fully saturated rings. The molecule has 108 valence electrons. The van der Waals surface area contributed by atoms with Gasteiger partial charge in [0.1, 0.15) is 11.4 Å². The second-order valence-corrected chi connectivity index (χ2v) is 5.37. The number of pyridine rings is 1. The van der Waals surface area contributed by atoms with Crippen LogP contribution in [0.5, 0.6) is 5.75 Å². The molecule has 0 amide bonds. The van der Waals surface area contributed by atoms with E-state index in [0.717, 1.165) is 50.2 Å². The minimum atomic E-state index is 0.472. The zero-order valence-corrected chi connectivity index (χ0v) is 12.3. The largest absolute Gasteiger partial charge is 0.497 e. The van der Waals surface area contributed by atoms with Crippen LogP contribution in [0, 0.1) is 6.92 Å². The number of hydrogen-bond acceptors (Lipinski definition) is 3. The lowest BCUT2D eigenvalue weighted by Gasteiger charge is -2.06. The summed E-state index contributed by atoms with van der Waals surface area (Å²) in [7, 11) is 1.66. The third kappa shape index (κ3) is 1.64. The number of aromatic nitrogens is 2. The van der Waals surface area contributed by atoms with E-state index < -0.39 is 0 Å². The van der Waals surface area contributed by atoms with Crippen LogP contribution in [-0.2, 0) is 0 Å². The second-order valence-electron chi connectivity index (χ2n) is 5.37. The number of aldehydes is 1. The number of carbonyl (C=O) groups is 1. The Labute approximate surface area is 126 Å². The van der Waals surface area contributed by atoms with Crippen LogP contribution in [0.3, 0.4) is 0 Å². The van der Waals surface area contributed by atoms with Gasteiger partial charge in [-0.1, -0.05) is 0 Å². The van der Waals surface area contributed by atoms with Gasteiger partial charge in [0.2, 0.25) is 0 Å². The molecule has 2 heterocycles. The summed E-state index contributed by atoms with van der Waals surface area (Å²) in [4.78, 5) is 18.9. The zero-order chi connectivity index (χ0) is 15.3. The first-order valence-corrected chi connectivity index (χ1v) is 7.06. The summed E-state index contributed by atoms with van der Waals surface area (Å²) in [5.41, 5.74) is 3.72. The lowest BCUT2D eigenvalue weighted by Crippen LogP contribution is -1.90.